The minimum atomic E-state index is -0.928. The molecule has 0 aromatic heterocycles. The molecule has 0 aliphatic rings. The number of nitrogens with one attached hydrogen (secondary N) is 1. The van der Waals surface area contributed by atoms with Crippen molar-refractivity contribution in [1.29, 1.82) is 0 Å². The number of halogens is 1. The van der Waals surface area contributed by atoms with Gasteiger partial charge in [0.15, 0.2) is 0 Å². The van der Waals surface area contributed by atoms with Gasteiger partial charge < -0.3 is 15.6 Å². The largest absolute Gasteiger partial charge is 0.481 e. The minimum absolute atomic E-state index is 0.0777. The van der Waals surface area contributed by atoms with Crippen LogP contribution < -0.4 is 11.1 Å². The molecule has 0 aliphatic carbocycles. The maximum Gasteiger partial charge on any atom is 0.412 e. The summed E-state index contributed by atoms with van der Waals surface area (Å²) in [6, 6.07) is 4.90. The highest BCUT2D eigenvalue weighted by molar-refractivity contribution is 6.33. The molecule has 1 aromatic rings. The average Bonchev–Trinajstić information content (AvgIpc) is 2.36. The highest BCUT2D eigenvalue weighted by atomic mass is 35.5. The third kappa shape index (κ3) is 5.91. The number of hydrogen-bond acceptors (Lipinski definition) is 4. The molecule has 0 spiro atoms. The van der Waals surface area contributed by atoms with E-state index in [1.54, 1.807) is 39.0 Å². The van der Waals surface area contributed by atoms with Gasteiger partial charge in [0.2, 0.25) is 0 Å². The van der Waals surface area contributed by atoms with Crippen molar-refractivity contribution < 1.29 is 19.4 Å². The fourth-order valence-corrected chi connectivity index (χ4v) is 2.08. The summed E-state index contributed by atoms with van der Waals surface area (Å²) in [5, 5.41) is 11.7. The van der Waals surface area contributed by atoms with Crippen LogP contribution in [0.25, 0.3) is 0 Å². The average molecular weight is 329 g/mol. The van der Waals surface area contributed by atoms with Crippen LogP contribution in [0.3, 0.4) is 0 Å². The van der Waals surface area contributed by atoms with E-state index in [9.17, 15) is 9.59 Å². The lowest BCUT2D eigenvalue weighted by Gasteiger charge is -2.20. The Bertz CT molecular complexity index is 555. The predicted molar refractivity (Wildman–Crippen MR) is 85.4 cm³/mol. The summed E-state index contributed by atoms with van der Waals surface area (Å²) >= 11 is 6.12. The molecule has 1 aromatic carbocycles. The highest BCUT2D eigenvalue weighted by Gasteiger charge is 2.18. The lowest BCUT2D eigenvalue weighted by atomic mass is 9.96. The molecule has 0 fully saturated rings. The van der Waals surface area contributed by atoms with E-state index in [4.69, 9.17) is 27.2 Å². The van der Waals surface area contributed by atoms with Crippen molar-refractivity contribution in [2.45, 2.75) is 38.7 Å². The van der Waals surface area contributed by atoms with Gasteiger partial charge in [-0.2, -0.15) is 0 Å². The summed E-state index contributed by atoms with van der Waals surface area (Å²) < 4.78 is 5.14. The standard InChI is InChI=1S/C15H21ClN2O4/c1-15(2,3)22-14(21)18-12-5-4-9(6-11(12)16)10(8-17)7-13(19)20/h4-6,10H,7-8,17H2,1-3H3,(H,18,21)(H,19,20). The monoisotopic (exact) mass is 328 g/mol. The summed E-state index contributed by atoms with van der Waals surface area (Å²) in [7, 11) is 0. The first-order valence-corrected chi connectivity index (χ1v) is 7.21. The summed E-state index contributed by atoms with van der Waals surface area (Å²) in [6.07, 6.45) is -0.686. The van der Waals surface area contributed by atoms with Crippen molar-refractivity contribution in [2.75, 3.05) is 11.9 Å². The Balaban J connectivity index is 2.85. The number of hydrogen-bond donors (Lipinski definition) is 3. The van der Waals surface area contributed by atoms with Gasteiger partial charge in [0, 0.05) is 5.92 Å². The van der Waals surface area contributed by atoms with Crippen LogP contribution in [0.1, 0.15) is 38.7 Å². The Hall–Kier alpha value is -1.79. The van der Waals surface area contributed by atoms with E-state index in [-0.39, 0.29) is 18.9 Å². The van der Waals surface area contributed by atoms with Gasteiger partial charge in [-0.15, -0.1) is 0 Å². The third-order valence-corrected chi connectivity index (χ3v) is 3.12. The Morgan fingerprint density at radius 1 is 1.41 bits per heavy atom. The molecule has 1 amide bonds. The predicted octanol–water partition coefficient (Wildman–Crippen LogP) is 3.20. The number of aliphatic carboxylic acids is 1. The van der Waals surface area contributed by atoms with E-state index in [1.165, 1.54) is 0 Å². The molecular weight excluding hydrogens is 308 g/mol. The second-order valence-corrected chi connectivity index (χ2v) is 6.30. The number of carboxylic acids is 1. The Morgan fingerprint density at radius 2 is 2.05 bits per heavy atom. The van der Waals surface area contributed by atoms with Crippen LogP contribution in [0.4, 0.5) is 10.5 Å². The number of ether oxygens (including phenoxy) is 1. The minimum Gasteiger partial charge on any atom is -0.481 e. The quantitative estimate of drug-likeness (QED) is 0.770. The van der Waals surface area contributed by atoms with Gasteiger partial charge >= 0.3 is 12.1 Å². The molecule has 7 heteroatoms. The molecule has 0 aliphatic heterocycles. The van der Waals surface area contributed by atoms with Crippen LogP contribution in [-0.2, 0) is 9.53 Å². The second kappa shape index (κ2) is 7.47. The summed E-state index contributed by atoms with van der Waals surface area (Å²) in [4.78, 5) is 22.5. The summed E-state index contributed by atoms with van der Waals surface area (Å²) in [5.74, 6) is -1.26. The first kappa shape index (κ1) is 18.3. The van der Waals surface area contributed by atoms with Gasteiger partial charge in [-0.25, -0.2) is 4.79 Å². The number of carbonyl (C=O) groups is 2. The smallest absolute Gasteiger partial charge is 0.412 e. The SMILES string of the molecule is CC(C)(C)OC(=O)Nc1ccc(C(CN)CC(=O)O)cc1Cl. The lowest BCUT2D eigenvalue weighted by molar-refractivity contribution is -0.137. The van der Waals surface area contributed by atoms with E-state index >= 15 is 0 Å². The number of carbonyl (C=O) groups excluding carboxylic acids is 1. The number of benzene rings is 1. The number of anilines is 1. The molecule has 6 nitrogen and oxygen atoms in total. The second-order valence-electron chi connectivity index (χ2n) is 5.90. The van der Waals surface area contributed by atoms with E-state index in [0.717, 1.165) is 0 Å². The topological polar surface area (TPSA) is 102 Å². The first-order valence-electron chi connectivity index (χ1n) is 6.83. The van der Waals surface area contributed by atoms with Gasteiger partial charge in [0.1, 0.15) is 5.60 Å². The Kier molecular flexibility index (Phi) is 6.20. The number of rotatable bonds is 5. The van der Waals surface area contributed by atoms with Crippen molar-refractivity contribution in [3.05, 3.63) is 28.8 Å². The molecule has 0 bridgehead atoms. The van der Waals surface area contributed by atoms with E-state index in [0.29, 0.717) is 16.3 Å². The Morgan fingerprint density at radius 3 is 2.50 bits per heavy atom. The molecular formula is C15H21ClN2O4. The maximum atomic E-state index is 11.7. The van der Waals surface area contributed by atoms with Crippen molar-refractivity contribution >= 4 is 29.4 Å². The van der Waals surface area contributed by atoms with Crippen LogP contribution in [0, 0.1) is 0 Å². The van der Waals surface area contributed by atoms with Gasteiger partial charge in [-0.1, -0.05) is 17.7 Å². The first-order chi connectivity index (χ1) is 10.1. The Labute approximate surface area is 134 Å². The maximum absolute atomic E-state index is 11.7. The molecule has 0 saturated carbocycles. The molecule has 0 radical (unpaired) electrons. The van der Waals surface area contributed by atoms with Crippen molar-refractivity contribution in [2.24, 2.45) is 5.73 Å². The zero-order valence-corrected chi connectivity index (χ0v) is 13.6. The van der Waals surface area contributed by atoms with Crippen LogP contribution in [0.2, 0.25) is 5.02 Å². The van der Waals surface area contributed by atoms with Crippen LogP contribution in [-0.4, -0.2) is 29.3 Å². The summed E-state index contributed by atoms with van der Waals surface area (Å²) in [5.41, 5.74) is 6.09. The number of carboxylic acid groups (broad SMARTS) is 1. The third-order valence-electron chi connectivity index (χ3n) is 2.81. The normalized spacial score (nSPS) is 12.6. The number of nitrogens with two attached hydrogens (primary N) is 1. The fourth-order valence-electron chi connectivity index (χ4n) is 1.85. The summed E-state index contributed by atoms with van der Waals surface area (Å²) in [6.45, 7) is 5.47. The molecule has 0 saturated heterocycles. The zero-order chi connectivity index (χ0) is 16.9. The van der Waals surface area contributed by atoms with Crippen LogP contribution >= 0.6 is 11.6 Å². The fraction of sp³-hybridized carbons (Fsp3) is 0.467. The molecule has 22 heavy (non-hydrogen) atoms. The lowest BCUT2D eigenvalue weighted by Crippen LogP contribution is -2.27. The van der Waals surface area contributed by atoms with Gasteiger partial charge in [0.25, 0.3) is 0 Å². The number of amides is 1. The van der Waals surface area contributed by atoms with Gasteiger partial charge in [-0.05, 0) is 45.0 Å². The molecule has 4 N–H and O–H groups in total. The molecule has 122 valence electrons. The zero-order valence-electron chi connectivity index (χ0n) is 12.9. The van der Waals surface area contributed by atoms with E-state index < -0.39 is 17.7 Å². The van der Waals surface area contributed by atoms with Gasteiger partial charge in [0.05, 0.1) is 17.1 Å². The highest BCUT2D eigenvalue weighted by Crippen LogP contribution is 2.28. The van der Waals surface area contributed by atoms with Crippen molar-refractivity contribution in [3.8, 4) is 0 Å². The van der Waals surface area contributed by atoms with Crippen molar-refractivity contribution in [3.63, 3.8) is 0 Å². The molecule has 0 heterocycles. The molecule has 1 unspecified atom stereocenters. The van der Waals surface area contributed by atoms with Crippen molar-refractivity contribution in [1.82, 2.24) is 0 Å². The molecule has 1 rings (SSSR count). The van der Waals surface area contributed by atoms with Crippen LogP contribution in [0.15, 0.2) is 18.2 Å². The van der Waals surface area contributed by atoms with Crippen LogP contribution in [0.5, 0.6) is 0 Å². The van der Waals surface area contributed by atoms with Gasteiger partial charge in [-0.3, -0.25) is 10.1 Å². The van der Waals surface area contributed by atoms with E-state index in [1.807, 2.05) is 0 Å². The van der Waals surface area contributed by atoms with E-state index in [2.05, 4.69) is 5.32 Å². The molecule has 1 atom stereocenters.